The van der Waals surface area contributed by atoms with Crippen LogP contribution in [0.4, 0.5) is 0 Å². The van der Waals surface area contributed by atoms with Gasteiger partial charge in [-0.2, -0.15) is 0 Å². The molecule has 1 atom stereocenters. The molecule has 0 aromatic heterocycles. The van der Waals surface area contributed by atoms with Gasteiger partial charge < -0.3 is 21.0 Å². The molecule has 18 heavy (non-hydrogen) atoms. The van der Waals surface area contributed by atoms with Gasteiger partial charge in [-0.05, 0) is 32.1 Å². The minimum Gasteiger partial charge on any atom is -0.409 e. The molecule has 0 aromatic rings. The molecule has 1 heterocycles. The summed E-state index contributed by atoms with van der Waals surface area (Å²) in [7, 11) is 0. The lowest BCUT2D eigenvalue weighted by Crippen LogP contribution is -2.58. The molecule has 1 aliphatic heterocycles. The SMILES string of the molecule is NC(=NO)C1(NC(=O)C2CCCCO2)CCCC1. The van der Waals surface area contributed by atoms with Gasteiger partial charge in [0.2, 0.25) is 5.91 Å². The third-order valence-corrected chi connectivity index (χ3v) is 3.89. The molecule has 1 saturated heterocycles. The van der Waals surface area contributed by atoms with Crippen molar-refractivity contribution in [2.75, 3.05) is 6.61 Å². The fourth-order valence-electron chi connectivity index (χ4n) is 2.78. The van der Waals surface area contributed by atoms with E-state index in [1.54, 1.807) is 0 Å². The second-order valence-corrected chi connectivity index (χ2v) is 5.12. The largest absolute Gasteiger partial charge is 0.409 e. The molecule has 0 aromatic carbocycles. The molecule has 102 valence electrons. The summed E-state index contributed by atoms with van der Waals surface area (Å²) in [5.74, 6) is -0.0349. The fraction of sp³-hybridized carbons (Fsp3) is 0.833. The zero-order chi connectivity index (χ0) is 13.0. The highest BCUT2D eigenvalue weighted by molar-refractivity contribution is 5.95. The summed E-state index contributed by atoms with van der Waals surface area (Å²) in [5.41, 5.74) is 5.06. The standard InChI is InChI=1S/C12H21N3O3/c13-11(15-17)12(6-2-3-7-12)14-10(16)9-5-1-4-8-18-9/h9,17H,1-8H2,(H2,13,15)(H,14,16). The van der Waals surface area contributed by atoms with Crippen molar-refractivity contribution in [2.45, 2.75) is 56.6 Å². The quantitative estimate of drug-likeness (QED) is 0.300. The number of nitrogens with one attached hydrogen (secondary N) is 1. The van der Waals surface area contributed by atoms with Gasteiger partial charge in [0.15, 0.2) is 5.84 Å². The number of carbonyl (C=O) groups is 1. The van der Waals surface area contributed by atoms with E-state index in [0.29, 0.717) is 6.61 Å². The van der Waals surface area contributed by atoms with Crippen molar-refractivity contribution in [3.05, 3.63) is 0 Å². The molecular weight excluding hydrogens is 234 g/mol. The first kappa shape index (κ1) is 13.1. The second-order valence-electron chi connectivity index (χ2n) is 5.12. The van der Waals surface area contributed by atoms with Gasteiger partial charge in [0.05, 0.1) is 0 Å². The molecule has 0 spiro atoms. The maximum atomic E-state index is 12.2. The monoisotopic (exact) mass is 255 g/mol. The van der Waals surface area contributed by atoms with Gasteiger partial charge in [-0.15, -0.1) is 0 Å². The minimum atomic E-state index is -0.674. The number of nitrogens with two attached hydrogens (primary N) is 1. The van der Waals surface area contributed by atoms with Crippen LogP contribution in [0.25, 0.3) is 0 Å². The molecular formula is C12H21N3O3. The summed E-state index contributed by atoms with van der Waals surface area (Å²) in [6, 6.07) is 0. The molecule has 4 N–H and O–H groups in total. The summed E-state index contributed by atoms with van der Waals surface area (Å²) >= 11 is 0. The fourth-order valence-corrected chi connectivity index (χ4v) is 2.78. The Morgan fingerprint density at radius 2 is 2.06 bits per heavy atom. The molecule has 2 aliphatic rings. The van der Waals surface area contributed by atoms with Crippen LogP contribution in [0.15, 0.2) is 5.16 Å². The Labute approximate surface area is 107 Å². The van der Waals surface area contributed by atoms with Crippen molar-refractivity contribution in [3.63, 3.8) is 0 Å². The number of amides is 1. The van der Waals surface area contributed by atoms with Crippen LogP contribution >= 0.6 is 0 Å². The van der Waals surface area contributed by atoms with Crippen molar-refractivity contribution >= 4 is 11.7 Å². The van der Waals surface area contributed by atoms with E-state index in [4.69, 9.17) is 15.7 Å². The summed E-state index contributed by atoms with van der Waals surface area (Å²) in [4.78, 5) is 12.2. The molecule has 0 radical (unpaired) electrons. The Morgan fingerprint density at radius 3 is 2.61 bits per heavy atom. The Balaban J connectivity index is 2.02. The third-order valence-electron chi connectivity index (χ3n) is 3.89. The van der Waals surface area contributed by atoms with E-state index in [2.05, 4.69) is 10.5 Å². The van der Waals surface area contributed by atoms with E-state index < -0.39 is 5.54 Å². The van der Waals surface area contributed by atoms with Crippen LogP contribution in [0.1, 0.15) is 44.9 Å². The minimum absolute atomic E-state index is 0.101. The predicted molar refractivity (Wildman–Crippen MR) is 66.3 cm³/mol. The lowest BCUT2D eigenvalue weighted by Gasteiger charge is -2.31. The van der Waals surface area contributed by atoms with E-state index in [1.165, 1.54) is 0 Å². The molecule has 2 rings (SSSR count). The van der Waals surface area contributed by atoms with Crippen LogP contribution in [0.5, 0.6) is 0 Å². The van der Waals surface area contributed by atoms with Crippen LogP contribution in [0.3, 0.4) is 0 Å². The molecule has 6 nitrogen and oxygen atoms in total. The molecule has 1 saturated carbocycles. The van der Waals surface area contributed by atoms with E-state index in [0.717, 1.165) is 44.9 Å². The maximum absolute atomic E-state index is 12.2. The first-order valence-electron chi connectivity index (χ1n) is 6.59. The summed E-state index contributed by atoms with van der Waals surface area (Å²) < 4.78 is 5.45. The summed E-state index contributed by atoms with van der Waals surface area (Å²) in [6.07, 6.45) is 5.77. The first-order chi connectivity index (χ1) is 8.68. The van der Waals surface area contributed by atoms with Crippen LogP contribution in [0, 0.1) is 0 Å². The summed E-state index contributed by atoms with van der Waals surface area (Å²) in [5, 5.41) is 14.9. The molecule has 0 bridgehead atoms. The Morgan fingerprint density at radius 1 is 1.33 bits per heavy atom. The van der Waals surface area contributed by atoms with Crippen molar-refractivity contribution in [2.24, 2.45) is 10.9 Å². The molecule has 1 amide bonds. The van der Waals surface area contributed by atoms with Gasteiger partial charge in [-0.3, -0.25) is 4.79 Å². The number of hydrogen-bond donors (Lipinski definition) is 3. The van der Waals surface area contributed by atoms with Gasteiger partial charge in [0, 0.05) is 6.61 Å². The number of nitrogens with zero attached hydrogens (tertiary/aromatic N) is 1. The molecule has 6 heteroatoms. The number of hydrogen-bond acceptors (Lipinski definition) is 4. The Hall–Kier alpha value is -1.30. The summed E-state index contributed by atoms with van der Waals surface area (Å²) in [6.45, 7) is 0.634. The Bertz CT molecular complexity index is 331. The average molecular weight is 255 g/mol. The van der Waals surface area contributed by atoms with Crippen molar-refractivity contribution < 1.29 is 14.7 Å². The smallest absolute Gasteiger partial charge is 0.249 e. The van der Waals surface area contributed by atoms with Crippen LogP contribution in [-0.2, 0) is 9.53 Å². The normalized spacial score (nSPS) is 28.0. The molecule has 1 unspecified atom stereocenters. The lowest BCUT2D eigenvalue weighted by atomic mass is 9.95. The van der Waals surface area contributed by atoms with Gasteiger partial charge >= 0.3 is 0 Å². The van der Waals surface area contributed by atoms with Crippen molar-refractivity contribution in [1.29, 1.82) is 0 Å². The van der Waals surface area contributed by atoms with Crippen LogP contribution in [0.2, 0.25) is 0 Å². The predicted octanol–water partition coefficient (Wildman–Crippen LogP) is 0.731. The number of amidine groups is 1. The zero-order valence-electron chi connectivity index (χ0n) is 10.5. The van der Waals surface area contributed by atoms with E-state index >= 15 is 0 Å². The highest BCUT2D eigenvalue weighted by atomic mass is 16.5. The van der Waals surface area contributed by atoms with E-state index in [-0.39, 0.29) is 17.8 Å². The van der Waals surface area contributed by atoms with Crippen LogP contribution in [-0.4, -0.2) is 35.2 Å². The highest BCUT2D eigenvalue weighted by Crippen LogP contribution is 2.30. The van der Waals surface area contributed by atoms with Gasteiger partial charge in [-0.1, -0.05) is 18.0 Å². The van der Waals surface area contributed by atoms with Gasteiger partial charge in [0.25, 0.3) is 0 Å². The Kier molecular flexibility index (Phi) is 4.06. The van der Waals surface area contributed by atoms with Crippen molar-refractivity contribution in [1.82, 2.24) is 5.32 Å². The van der Waals surface area contributed by atoms with Gasteiger partial charge in [0.1, 0.15) is 11.6 Å². The lowest BCUT2D eigenvalue weighted by molar-refractivity contribution is -0.136. The first-order valence-corrected chi connectivity index (χ1v) is 6.59. The highest BCUT2D eigenvalue weighted by Gasteiger charge is 2.41. The van der Waals surface area contributed by atoms with E-state index in [1.807, 2.05) is 0 Å². The molecule has 2 fully saturated rings. The zero-order valence-corrected chi connectivity index (χ0v) is 10.5. The maximum Gasteiger partial charge on any atom is 0.249 e. The number of carbonyl (C=O) groups excluding carboxylic acids is 1. The number of rotatable bonds is 3. The number of oxime groups is 1. The second kappa shape index (κ2) is 5.56. The average Bonchev–Trinajstić information content (AvgIpc) is 2.88. The van der Waals surface area contributed by atoms with Gasteiger partial charge in [-0.25, -0.2) is 0 Å². The van der Waals surface area contributed by atoms with E-state index in [9.17, 15) is 4.79 Å². The third kappa shape index (κ3) is 2.58. The van der Waals surface area contributed by atoms with Crippen molar-refractivity contribution in [3.8, 4) is 0 Å². The topological polar surface area (TPSA) is 96.9 Å². The number of ether oxygens (including phenoxy) is 1. The molecule has 1 aliphatic carbocycles. The van der Waals surface area contributed by atoms with Crippen LogP contribution < -0.4 is 11.1 Å².